The number of hydrogen-bond donors (Lipinski definition) is 2. The molecule has 11 nitrogen and oxygen atoms in total. The van der Waals surface area contributed by atoms with Gasteiger partial charge >= 0.3 is 11.9 Å². The lowest BCUT2D eigenvalue weighted by molar-refractivity contribution is -0.146. The van der Waals surface area contributed by atoms with Gasteiger partial charge in [-0.15, -0.1) is 12.4 Å². The molecule has 0 aromatic carbocycles. The minimum atomic E-state index is -0.0265. The van der Waals surface area contributed by atoms with Crippen LogP contribution in [0.3, 0.4) is 0 Å². The maximum Gasteiger partial charge on any atom is 0.305 e. The van der Waals surface area contributed by atoms with E-state index in [2.05, 4.69) is 44.8 Å². The van der Waals surface area contributed by atoms with Crippen LogP contribution in [0.1, 0.15) is 298 Å². The van der Waals surface area contributed by atoms with E-state index in [-0.39, 0.29) is 42.2 Å². The van der Waals surface area contributed by atoms with E-state index < -0.39 is 0 Å². The van der Waals surface area contributed by atoms with Crippen molar-refractivity contribution in [1.29, 1.82) is 0 Å². The lowest BCUT2D eigenvalue weighted by Crippen LogP contribution is -2.41. The molecular formula is C64H126ClN3O8S2. The summed E-state index contributed by atoms with van der Waals surface area (Å²) in [6, 6.07) is 0.239. The highest BCUT2D eigenvalue weighted by Crippen LogP contribution is 2.33. The molecule has 0 aromatic heterocycles. The van der Waals surface area contributed by atoms with E-state index in [1.807, 2.05) is 28.5 Å². The highest BCUT2D eigenvalue weighted by Gasteiger charge is 2.24. The normalized spacial score (nSPS) is 12.9. The highest BCUT2D eigenvalue weighted by molar-refractivity contribution is 8.76. The van der Waals surface area contributed by atoms with Crippen molar-refractivity contribution in [3.8, 4) is 0 Å². The minimum Gasteiger partial charge on any atom is -0.465 e. The van der Waals surface area contributed by atoms with E-state index in [0.29, 0.717) is 95.5 Å². The maximum atomic E-state index is 13.9. The molecule has 0 saturated heterocycles. The molecule has 0 fully saturated rings. The summed E-state index contributed by atoms with van der Waals surface area (Å²) in [5, 5.41) is 3.50. The zero-order chi connectivity index (χ0) is 56.5. The molecule has 464 valence electrons. The zero-order valence-corrected chi connectivity index (χ0v) is 54.1. The van der Waals surface area contributed by atoms with Crippen molar-refractivity contribution in [3.63, 3.8) is 0 Å². The summed E-state index contributed by atoms with van der Waals surface area (Å²) >= 11 is 0. The van der Waals surface area contributed by atoms with Crippen LogP contribution in [0.25, 0.3) is 0 Å². The van der Waals surface area contributed by atoms with Gasteiger partial charge in [-0.05, 0) is 76.0 Å². The Morgan fingerprint density at radius 3 is 1.37 bits per heavy atom. The molecule has 0 bridgehead atoms. The van der Waals surface area contributed by atoms with Crippen molar-refractivity contribution in [2.75, 3.05) is 65.0 Å². The van der Waals surface area contributed by atoms with Crippen molar-refractivity contribution < 1.29 is 38.1 Å². The lowest BCUT2D eigenvalue weighted by Gasteiger charge is -2.33. The molecule has 14 heteroatoms. The van der Waals surface area contributed by atoms with Gasteiger partial charge in [-0.2, -0.15) is 0 Å². The number of ether oxygens (including phenoxy) is 4. The molecule has 0 aliphatic heterocycles. The van der Waals surface area contributed by atoms with Gasteiger partial charge in [-0.25, -0.2) is 0 Å². The third kappa shape index (κ3) is 51.6. The molecule has 3 N–H and O–H groups in total. The van der Waals surface area contributed by atoms with Crippen molar-refractivity contribution in [2.45, 2.75) is 310 Å². The summed E-state index contributed by atoms with van der Waals surface area (Å²) in [4.78, 5) is 54.0. The number of nitrogens with zero attached hydrogens (tertiary/aromatic N) is 1. The van der Waals surface area contributed by atoms with Crippen LogP contribution in [0.15, 0.2) is 0 Å². The van der Waals surface area contributed by atoms with Gasteiger partial charge in [-0.3, -0.25) is 19.2 Å². The smallest absolute Gasteiger partial charge is 0.305 e. The molecule has 0 rings (SSSR count). The van der Waals surface area contributed by atoms with Crippen molar-refractivity contribution in [3.05, 3.63) is 0 Å². The Bertz CT molecular complexity index is 1270. The number of nitrogens with two attached hydrogens (primary N) is 1. The monoisotopic (exact) mass is 1160 g/mol. The van der Waals surface area contributed by atoms with Crippen LogP contribution in [-0.2, 0) is 38.1 Å². The first-order chi connectivity index (χ1) is 37.7. The second kappa shape index (κ2) is 61.8. The van der Waals surface area contributed by atoms with Crippen molar-refractivity contribution in [1.82, 2.24) is 10.2 Å². The second-order valence-electron chi connectivity index (χ2n) is 22.3. The van der Waals surface area contributed by atoms with Crippen LogP contribution in [0.4, 0.5) is 0 Å². The average molecular weight is 1170 g/mol. The average Bonchev–Trinajstić information content (AvgIpc) is 3.43. The van der Waals surface area contributed by atoms with E-state index in [4.69, 9.17) is 24.7 Å². The molecule has 3 unspecified atom stereocenters. The fourth-order valence-electron chi connectivity index (χ4n) is 10.1. The number of rotatable bonds is 61. The van der Waals surface area contributed by atoms with E-state index in [0.717, 1.165) is 128 Å². The van der Waals surface area contributed by atoms with Gasteiger partial charge in [0.25, 0.3) is 0 Å². The van der Waals surface area contributed by atoms with Crippen LogP contribution in [0, 0.1) is 11.8 Å². The third-order valence-electron chi connectivity index (χ3n) is 15.1. The molecule has 0 radical (unpaired) electrons. The van der Waals surface area contributed by atoms with Gasteiger partial charge in [0.05, 0.1) is 39.6 Å². The summed E-state index contributed by atoms with van der Waals surface area (Å²) in [7, 11) is 3.78. The number of nitrogens with one attached hydrogen (secondary N) is 1. The Hall–Kier alpha value is -1.25. The Balaban J connectivity index is 0. The Morgan fingerprint density at radius 2 is 0.897 bits per heavy atom. The van der Waals surface area contributed by atoms with Crippen LogP contribution in [0.2, 0.25) is 0 Å². The summed E-state index contributed by atoms with van der Waals surface area (Å²) < 4.78 is 22.5. The lowest BCUT2D eigenvalue weighted by atomic mass is 9.96. The maximum absolute atomic E-state index is 13.9. The summed E-state index contributed by atoms with van der Waals surface area (Å²) in [6.07, 6.45) is 43.5. The fraction of sp³-hybridized carbons (Fsp3) is 0.938. The van der Waals surface area contributed by atoms with Crippen LogP contribution < -0.4 is 11.1 Å². The number of unbranched alkanes of at least 4 members (excludes halogenated alkanes) is 21. The standard InChI is InChI=1S/C64H125N3O8S2.ClH/c1-7-13-18-29-38-57(36-16-10-4)55-74-63(70)43-34-27-23-21-25-31-40-59(41-32-26-22-24-28-35-44-64(71)75-56-58(37-17-11-5)39-30-19-14-8-2)67(62(69)12-6)49-45-60(42-33-20-15-9-3)77-76-54-48-66-61(68)46-50-72-52-53-73-51-47-65;/h57-60H,7-56,65H2,1-6H3,(H,66,68);1H. The molecule has 2 amide bonds. The molecule has 0 spiro atoms. The summed E-state index contributed by atoms with van der Waals surface area (Å²) in [5.74, 6) is 2.06. The van der Waals surface area contributed by atoms with Crippen LogP contribution >= 0.6 is 34.0 Å². The summed E-state index contributed by atoms with van der Waals surface area (Å²) in [5.41, 5.74) is 5.45. The SMILES string of the molecule is CCCCCCC(CCCC)COC(=O)CCCCCCCCC(CCCCCCCCC(=O)OCC(CCCC)CCCCCC)N(CCC(CCCCCC)SSCCNC(=O)CCOCCOCCN)C(=O)CC.Cl. The van der Waals surface area contributed by atoms with Crippen molar-refractivity contribution >= 4 is 57.7 Å². The van der Waals surface area contributed by atoms with Crippen molar-refractivity contribution in [2.24, 2.45) is 17.6 Å². The van der Waals surface area contributed by atoms with E-state index in [1.165, 1.54) is 116 Å². The quantitative estimate of drug-likeness (QED) is 0.0341. The van der Waals surface area contributed by atoms with Gasteiger partial charge in [0.2, 0.25) is 11.8 Å². The van der Waals surface area contributed by atoms with Gasteiger partial charge in [0.1, 0.15) is 0 Å². The highest BCUT2D eigenvalue weighted by atomic mass is 35.5. The Labute approximate surface area is 495 Å². The first-order valence-corrected chi connectivity index (χ1v) is 35.1. The first-order valence-electron chi connectivity index (χ1n) is 32.7. The van der Waals surface area contributed by atoms with Gasteiger partial charge in [0.15, 0.2) is 0 Å². The van der Waals surface area contributed by atoms with E-state index >= 15 is 0 Å². The molecule has 0 heterocycles. The molecule has 0 saturated carbocycles. The second-order valence-corrected chi connectivity index (χ2v) is 25.1. The third-order valence-corrected chi connectivity index (χ3v) is 18.1. The number of carbonyl (C=O) groups excluding carboxylic acids is 4. The van der Waals surface area contributed by atoms with E-state index in [1.54, 1.807) is 0 Å². The molecule has 78 heavy (non-hydrogen) atoms. The molecule has 0 aliphatic carbocycles. The topological polar surface area (TPSA) is 146 Å². The Morgan fingerprint density at radius 1 is 0.474 bits per heavy atom. The van der Waals surface area contributed by atoms with Crippen LogP contribution in [-0.4, -0.2) is 105 Å². The number of carbonyl (C=O) groups is 4. The summed E-state index contributed by atoms with van der Waals surface area (Å²) in [6.45, 7) is 18.2. The predicted molar refractivity (Wildman–Crippen MR) is 338 cm³/mol. The minimum absolute atomic E-state index is 0. The molecule has 0 aromatic rings. The predicted octanol–water partition coefficient (Wildman–Crippen LogP) is 17.5. The number of halogens is 1. The molecule has 3 atom stereocenters. The first kappa shape index (κ1) is 78.8. The molecule has 0 aliphatic rings. The number of esters is 2. The van der Waals surface area contributed by atoms with Gasteiger partial charge in [-0.1, -0.05) is 230 Å². The van der Waals surface area contributed by atoms with Gasteiger partial charge in [0, 0.05) is 62.4 Å². The molecular weight excluding hydrogens is 1040 g/mol. The van der Waals surface area contributed by atoms with Gasteiger partial charge < -0.3 is 34.9 Å². The Kier molecular flexibility index (Phi) is 62.5. The zero-order valence-electron chi connectivity index (χ0n) is 51.7. The number of hydrogen-bond acceptors (Lipinski definition) is 11. The number of amides is 2. The van der Waals surface area contributed by atoms with Crippen LogP contribution in [0.5, 0.6) is 0 Å². The van der Waals surface area contributed by atoms with E-state index in [9.17, 15) is 19.2 Å². The fourth-order valence-corrected chi connectivity index (χ4v) is 12.8. The largest absolute Gasteiger partial charge is 0.465 e.